The van der Waals surface area contributed by atoms with Crippen LogP contribution in [0.2, 0.25) is 0 Å². The third-order valence-electron chi connectivity index (χ3n) is 1.70. The number of carbonyl (C=O) groups is 1. The van der Waals surface area contributed by atoms with Gasteiger partial charge < -0.3 is 9.73 Å². The number of nitrogens with one attached hydrogen (secondary N) is 1. The first-order valence-corrected chi connectivity index (χ1v) is 3.70. The molecule has 0 spiro atoms. The summed E-state index contributed by atoms with van der Waals surface area (Å²) in [5, 5.41) is 2.62. The van der Waals surface area contributed by atoms with Crippen LogP contribution in [0.3, 0.4) is 0 Å². The van der Waals surface area contributed by atoms with Crippen molar-refractivity contribution in [2.75, 3.05) is 0 Å². The predicted octanol–water partition coefficient (Wildman–Crippen LogP) is 0.544. The fourth-order valence-electron chi connectivity index (χ4n) is 1.04. The number of hydrogen-bond acceptors (Lipinski definition) is 3. The van der Waals surface area contributed by atoms with Crippen molar-refractivity contribution >= 4 is 11.7 Å². The summed E-state index contributed by atoms with van der Waals surface area (Å²) >= 11 is 0. The number of furan rings is 1. The SMILES string of the molecule is CC1N=C(c2ccco2)NC1=O. The van der Waals surface area contributed by atoms with E-state index in [1.807, 2.05) is 0 Å². The molecule has 0 aromatic carbocycles. The van der Waals surface area contributed by atoms with E-state index in [4.69, 9.17) is 4.42 Å². The van der Waals surface area contributed by atoms with Crippen molar-refractivity contribution in [3.8, 4) is 0 Å². The minimum atomic E-state index is -0.301. The monoisotopic (exact) mass is 164 g/mol. The Balaban J connectivity index is 2.28. The van der Waals surface area contributed by atoms with E-state index in [-0.39, 0.29) is 11.9 Å². The van der Waals surface area contributed by atoms with Crippen LogP contribution in [0.5, 0.6) is 0 Å². The topological polar surface area (TPSA) is 54.6 Å². The lowest BCUT2D eigenvalue weighted by Gasteiger charge is -1.93. The Hall–Kier alpha value is -1.58. The molecule has 4 heteroatoms. The van der Waals surface area contributed by atoms with E-state index in [1.165, 1.54) is 0 Å². The summed E-state index contributed by atoms with van der Waals surface area (Å²) in [5.74, 6) is 1.05. The van der Waals surface area contributed by atoms with Crippen LogP contribution in [0.25, 0.3) is 0 Å². The van der Waals surface area contributed by atoms with Gasteiger partial charge in [0.2, 0.25) is 5.91 Å². The third kappa shape index (κ3) is 1.01. The molecule has 0 fully saturated rings. The van der Waals surface area contributed by atoms with Crippen molar-refractivity contribution in [2.24, 2.45) is 4.99 Å². The zero-order valence-corrected chi connectivity index (χ0v) is 6.57. The summed E-state index contributed by atoms with van der Waals surface area (Å²) in [6.07, 6.45) is 1.55. The average Bonchev–Trinajstić information content (AvgIpc) is 2.61. The van der Waals surface area contributed by atoms with Gasteiger partial charge in [-0.2, -0.15) is 0 Å². The fraction of sp³-hybridized carbons (Fsp3) is 0.250. The number of aliphatic imine (C=N–C) groups is 1. The molecule has 1 N–H and O–H groups in total. The van der Waals surface area contributed by atoms with E-state index in [2.05, 4.69) is 10.3 Å². The largest absolute Gasteiger partial charge is 0.461 e. The maximum Gasteiger partial charge on any atom is 0.250 e. The molecule has 12 heavy (non-hydrogen) atoms. The van der Waals surface area contributed by atoms with E-state index >= 15 is 0 Å². The lowest BCUT2D eigenvalue weighted by molar-refractivity contribution is -0.119. The highest BCUT2D eigenvalue weighted by Gasteiger charge is 2.23. The van der Waals surface area contributed by atoms with E-state index in [9.17, 15) is 4.79 Å². The zero-order valence-electron chi connectivity index (χ0n) is 6.57. The van der Waals surface area contributed by atoms with Crippen molar-refractivity contribution in [3.05, 3.63) is 24.2 Å². The van der Waals surface area contributed by atoms with Gasteiger partial charge in [-0.1, -0.05) is 0 Å². The number of amidine groups is 1. The second-order valence-corrected chi connectivity index (χ2v) is 2.62. The van der Waals surface area contributed by atoms with Crippen molar-refractivity contribution in [2.45, 2.75) is 13.0 Å². The summed E-state index contributed by atoms with van der Waals surface area (Å²) in [6, 6.07) is 3.22. The van der Waals surface area contributed by atoms with Gasteiger partial charge in [0.1, 0.15) is 6.04 Å². The minimum absolute atomic E-state index is 0.0820. The van der Waals surface area contributed by atoms with E-state index in [1.54, 1.807) is 25.3 Å². The first kappa shape index (κ1) is 7.09. The predicted molar refractivity (Wildman–Crippen MR) is 42.8 cm³/mol. The van der Waals surface area contributed by atoms with Crippen LogP contribution < -0.4 is 5.32 Å². The molecule has 1 amide bonds. The van der Waals surface area contributed by atoms with Gasteiger partial charge in [0.25, 0.3) is 0 Å². The molecule has 0 saturated heterocycles. The third-order valence-corrected chi connectivity index (χ3v) is 1.70. The van der Waals surface area contributed by atoms with E-state index < -0.39 is 0 Å². The van der Waals surface area contributed by atoms with Crippen molar-refractivity contribution in [1.82, 2.24) is 5.32 Å². The molecule has 0 saturated carbocycles. The van der Waals surface area contributed by atoms with Crippen molar-refractivity contribution < 1.29 is 9.21 Å². The Bertz CT molecular complexity index is 327. The van der Waals surface area contributed by atoms with Crippen LogP contribution in [0.15, 0.2) is 27.8 Å². The molecule has 1 aliphatic heterocycles. The van der Waals surface area contributed by atoms with E-state index in [0.717, 1.165) is 0 Å². The standard InChI is InChI=1S/C8H8N2O2/c1-5-8(11)10-7(9-5)6-3-2-4-12-6/h2-5H,1H3,(H,9,10,11). The Morgan fingerprint density at radius 1 is 1.67 bits per heavy atom. The number of amides is 1. The Labute approximate surface area is 69.3 Å². The summed E-state index contributed by atoms with van der Waals surface area (Å²) in [4.78, 5) is 15.1. The maximum absolute atomic E-state index is 11.0. The molecule has 2 heterocycles. The van der Waals surface area contributed by atoms with Gasteiger partial charge in [-0.15, -0.1) is 0 Å². The molecule has 2 rings (SSSR count). The smallest absolute Gasteiger partial charge is 0.250 e. The van der Waals surface area contributed by atoms with Crippen molar-refractivity contribution in [1.29, 1.82) is 0 Å². The normalized spacial score (nSPS) is 22.2. The highest BCUT2D eigenvalue weighted by Crippen LogP contribution is 2.07. The highest BCUT2D eigenvalue weighted by atomic mass is 16.3. The molecule has 0 radical (unpaired) electrons. The van der Waals surface area contributed by atoms with Crippen LogP contribution >= 0.6 is 0 Å². The Morgan fingerprint density at radius 2 is 2.50 bits per heavy atom. The number of nitrogens with zero attached hydrogens (tertiary/aromatic N) is 1. The Kier molecular flexibility index (Phi) is 1.46. The molecule has 1 aromatic heterocycles. The summed E-state index contributed by atoms with van der Waals surface area (Å²) in [5.41, 5.74) is 0. The van der Waals surface area contributed by atoms with Gasteiger partial charge in [0, 0.05) is 0 Å². The summed E-state index contributed by atoms with van der Waals surface area (Å²) in [6.45, 7) is 1.74. The molecule has 1 aromatic rings. The van der Waals surface area contributed by atoms with Gasteiger partial charge in [0.15, 0.2) is 11.6 Å². The molecule has 4 nitrogen and oxygen atoms in total. The molecule has 1 unspecified atom stereocenters. The summed E-state index contributed by atoms with van der Waals surface area (Å²) < 4.78 is 5.07. The first-order chi connectivity index (χ1) is 5.77. The second kappa shape index (κ2) is 2.48. The molecular formula is C8H8N2O2. The number of rotatable bonds is 1. The summed E-state index contributed by atoms with van der Waals surface area (Å²) in [7, 11) is 0. The molecule has 1 aliphatic rings. The van der Waals surface area contributed by atoms with Gasteiger partial charge in [-0.3, -0.25) is 9.79 Å². The Morgan fingerprint density at radius 3 is 3.00 bits per heavy atom. The number of hydrogen-bond donors (Lipinski definition) is 1. The quantitative estimate of drug-likeness (QED) is 0.658. The van der Waals surface area contributed by atoms with Gasteiger partial charge in [0.05, 0.1) is 6.26 Å². The van der Waals surface area contributed by atoms with Crippen LogP contribution in [-0.4, -0.2) is 17.8 Å². The molecule has 0 aliphatic carbocycles. The van der Waals surface area contributed by atoms with Crippen LogP contribution in [0, 0.1) is 0 Å². The second-order valence-electron chi connectivity index (χ2n) is 2.62. The van der Waals surface area contributed by atoms with Gasteiger partial charge >= 0.3 is 0 Å². The molecule has 1 atom stereocenters. The van der Waals surface area contributed by atoms with Crippen LogP contribution in [0.4, 0.5) is 0 Å². The van der Waals surface area contributed by atoms with Gasteiger partial charge in [-0.25, -0.2) is 0 Å². The lowest BCUT2D eigenvalue weighted by atomic mass is 10.4. The van der Waals surface area contributed by atoms with E-state index in [0.29, 0.717) is 11.6 Å². The maximum atomic E-state index is 11.0. The highest BCUT2D eigenvalue weighted by molar-refractivity contribution is 6.12. The van der Waals surface area contributed by atoms with Crippen molar-refractivity contribution in [3.63, 3.8) is 0 Å². The lowest BCUT2D eigenvalue weighted by Crippen LogP contribution is -2.27. The van der Waals surface area contributed by atoms with Crippen LogP contribution in [0.1, 0.15) is 12.7 Å². The average molecular weight is 164 g/mol. The first-order valence-electron chi connectivity index (χ1n) is 3.70. The van der Waals surface area contributed by atoms with Gasteiger partial charge in [-0.05, 0) is 19.1 Å². The molecule has 0 bridgehead atoms. The number of carbonyl (C=O) groups excluding carboxylic acids is 1. The molecular weight excluding hydrogens is 156 g/mol. The zero-order chi connectivity index (χ0) is 8.55. The fourth-order valence-corrected chi connectivity index (χ4v) is 1.04. The molecule has 62 valence electrons. The minimum Gasteiger partial charge on any atom is -0.461 e. The van der Waals surface area contributed by atoms with Crippen LogP contribution in [-0.2, 0) is 4.79 Å².